The monoisotopic (exact) mass is 197 g/mol. The normalized spacial score (nSPS) is 12.6. The van der Waals surface area contributed by atoms with Gasteiger partial charge in [-0.25, -0.2) is 4.21 Å². The van der Waals surface area contributed by atoms with E-state index >= 15 is 0 Å². The molecule has 0 aromatic rings. The molecule has 3 nitrogen and oxygen atoms in total. The van der Waals surface area contributed by atoms with E-state index in [1.807, 2.05) is 13.8 Å². The molecule has 0 radical (unpaired) electrons. The fraction of sp³-hybridized carbons (Fsp3) is 0.833. The standard InChI is InChI=1S/C6H12ClNO2S/c1-3-8(4-2)6(9)5-11(7)10/h3-5H2,1-2H3. The number of hydrogen-bond acceptors (Lipinski definition) is 2. The molecular formula is C6H12ClNO2S. The summed E-state index contributed by atoms with van der Waals surface area (Å²) in [5, 5.41) is 0. The van der Waals surface area contributed by atoms with E-state index in [9.17, 15) is 9.00 Å². The zero-order valence-electron chi connectivity index (χ0n) is 6.67. The van der Waals surface area contributed by atoms with Gasteiger partial charge in [-0.3, -0.25) is 4.79 Å². The molecule has 0 aromatic carbocycles. The largest absolute Gasteiger partial charge is 0.342 e. The maximum Gasteiger partial charge on any atom is 0.236 e. The van der Waals surface area contributed by atoms with Gasteiger partial charge < -0.3 is 4.90 Å². The number of hydrogen-bond donors (Lipinski definition) is 0. The molecule has 0 saturated carbocycles. The van der Waals surface area contributed by atoms with Crippen molar-refractivity contribution in [3.63, 3.8) is 0 Å². The van der Waals surface area contributed by atoms with Crippen molar-refractivity contribution in [1.82, 2.24) is 4.90 Å². The fourth-order valence-electron chi connectivity index (χ4n) is 0.765. The highest BCUT2D eigenvalue weighted by Crippen LogP contribution is 1.94. The Balaban J connectivity index is 3.89. The Bertz CT molecular complexity index is 159. The molecule has 0 N–H and O–H groups in total. The van der Waals surface area contributed by atoms with Crippen molar-refractivity contribution in [3.8, 4) is 0 Å². The van der Waals surface area contributed by atoms with E-state index in [4.69, 9.17) is 10.7 Å². The van der Waals surface area contributed by atoms with Crippen LogP contribution < -0.4 is 0 Å². The Morgan fingerprint density at radius 2 is 1.91 bits per heavy atom. The molecule has 0 fully saturated rings. The first-order valence-corrected chi connectivity index (χ1v) is 5.58. The quantitative estimate of drug-likeness (QED) is 0.624. The number of nitrogens with zero attached hydrogens (tertiary/aromatic N) is 1. The van der Waals surface area contributed by atoms with E-state index in [1.54, 1.807) is 4.90 Å². The molecule has 0 rings (SSSR count). The van der Waals surface area contributed by atoms with Gasteiger partial charge in [0.05, 0.1) is 0 Å². The van der Waals surface area contributed by atoms with Crippen molar-refractivity contribution in [2.75, 3.05) is 18.8 Å². The Labute approximate surface area is 73.7 Å². The summed E-state index contributed by atoms with van der Waals surface area (Å²) in [5.41, 5.74) is 0. The van der Waals surface area contributed by atoms with Crippen LogP contribution in [0.3, 0.4) is 0 Å². The number of halogens is 1. The minimum absolute atomic E-state index is 0.0801. The summed E-state index contributed by atoms with van der Waals surface area (Å²) in [4.78, 5) is 12.7. The molecule has 0 spiro atoms. The first-order chi connectivity index (χ1) is 5.11. The fourth-order valence-corrected chi connectivity index (χ4v) is 1.42. The van der Waals surface area contributed by atoms with Gasteiger partial charge in [0.1, 0.15) is 15.8 Å². The third kappa shape index (κ3) is 4.37. The second kappa shape index (κ2) is 5.55. The number of carbonyl (C=O) groups is 1. The van der Waals surface area contributed by atoms with Gasteiger partial charge in [0.25, 0.3) is 0 Å². The Morgan fingerprint density at radius 1 is 1.45 bits per heavy atom. The molecule has 0 aliphatic heterocycles. The summed E-state index contributed by atoms with van der Waals surface area (Å²) in [5.74, 6) is -0.230. The topological polar surface area (TPSA) is 37.4 Å². The van der Waals surface area contributed by atoms with Crippen LogP contribution in [0.5, 0.6) is 0 Å². The lowest BCUT2D eigenvalue weighted by atomic mass is 10.5. The Morgan fingerprint density at radius 3 is 2.18 bits per heavy atom. The van der Waals surface area contributed by atoms with Gasteiger partial charge >= 0.3 is 0 Å². The third-order valence-electron chi connectivity index (χ3n) is 1.35. The molecular weight excluding hydrogens is 186 g/mol. The molecule has 1 amide bonds. The lowest BCUT2D eigenvalue weighted by Gasteiger charge is -2.16. The molecule has 0 bridgehead atoms. The van der Waals surface area contributed by atoms with E-state index in [1.165, 1.54) is 0 Å². The highest BCUT2D eigenvalue weighted by molar-refractivity contribution is 8.08. The second-order valence-corrected chi connectivity index (χ2v) is 3.90. The first-order valence-electron chi connectivity index (χ1n) is 3.44. The van der Waals surface area contributed by atoms with Crippen molar-refractivity contribution in [3.05, 3.63) is 0 Å². The lowest BCUT2D eigenvalue weighted by Crippen LogP contribution is -2.33. The van der Waals surface area contributed by atoms with Crippen LogP contribution in [0.25, 0.3) is 0 Å². The highest BCUT2D eigenvalue weighted by Gasteiger charge is 2.11. The average Bonchev–Trinajstić information content (AvgIpc) is 1.88. The lowest BCUT2D eigenvalue weighted by molar-refractivity contribution is -0.127. The van der Waals surface area contributed by atoms with Gasteiger partial charge in [-0.1, -0.05) is 0 Å². The molecule has 11 heavy (non-hydrogen) atoms. The molecule has 5 heteroatoms. The average molecular weight is 198 g/mol. The van der Waals surface area contributed by atoms with E-state index in [-0.39, 0.29) is 11.7 Å². The van der Waals surface area contributed by atoms with Crippen molar-refractivity contribution in [1.29, 1.82) is 0 Å². The van der Waals surface area contributed by atoms with Gasteiger partial charge in [0.15, 0.2) is 0 Å². The van der Waals surface area contributed by atoms with Crippen molar-refractivity contribution in [2.45, 2.75) is 13.8 Å². The third-order valence-corrected chi connectivity index (χ3v) is 2.15. The maximum absolute atomic E-state index is 11.1. The maximum atomic E-state index is 11.1. The SMILES string of the molecule is CCN(CC)C(=O)CS(=O)Cl. The van der Waals surface area contributed by atoms with Gasteiger partial charge in [-0.15, -0.1) is 0 Å². The molecule has 0 aromatic heterocycles. The highest BCUT2D eigenvalue weighted by atomic mass is 35.7. The van der Waals surface area contributed by atoms with Crippen LogP contribution in [-0.4, -0.2) is 33.9 Å². The van der Waals surface area contributed by atoms with Crippen LogP contribution in [0.4, 0.5) is 0 Å². The number of carbonyl (C=O) groups excluding carboxylic acids is 1. The zero-order chi connectivity index (χ0) is 8.85. The summed E-state index contributed by atoms with van der Waals surface area (Å²) >= 11 is 0. The minimum atomic E-state index is -1.54. The summed E-state index contributed by atoms with van der Waals surface area (Å²) in [6.45, 7) is 5.03. The molecule has 1 atom stereocenters. The van der Waals surface area contributed by atoms with Crippen LogP contribution in [0, 0.1) is 0 Å². The number of rotatable bonds is 4. The smallest absolute Gasteiger partial charge is 0.236 e. The summed E-state index contributed by atoms with van der Waals surface area (Å²) in [6.07, 6.45) is 0. The summed E-state index contributed by atoms with van der Waals surface area (Å²) in [6, 6.07) is 0. The Kier molecular flexibility index (Phi) is 5.50. The van der Waals surface area contributed by atoms with Crippen LogP contribution >= 0.6 is 10.7 Å². The van der Waals surface area contributed by atoms with Gasteiger partial charge in [-0.2, -0.15) is 0 Å². The van der Waals surface area contributed by atoms with E-state index in [0.717, 1.165) is 0 Å². The van der Waals surface area contributed by atoms with Crippen molar-refractivity contribution >= 4 is 26.6 Å². The number of amides is 1. The first kappa shape index (κ1) is 10.9. The minimum Gasteiger partial charge on any atom is -0.342 e. The molecule has 66 valence electrons. The Hall–Kier alpha value is -0.0900. The van der Waals surface area contributed by atoms with Crippen LogP contribution in [0.2, 0.25) is 0 Å². The van der Waals surface area contributed by atoms with Gasteiger partial charge in [-0.05, 0) is 24.5 Å². The molecule has 0 heterocycles. The van der Waals surface area contributed by atoms with Crippen LogP contribution in [0.15, 0.2) is 0 Å². The van der Waals surface area contributed by atoms with E-state index in [0.29, 0.717) is 13.1 Å². The molecule has 0 aliphatic carbocycles. The van der Waals surface area contributed by atoms with E-state index < -0.39 is 10.0 Å². The molecule has 0 saturated heterocycles. The van der Waals surface area contributed by atoms with Crippen LogP contribution in [0.1, 0.15) is 13.8 Å². The summed E-state index contributed by atoms with van der Waals surface area (Å²) < 4.78 is 10.4. The van der Waals surface area contributed by atoms with Crippen molar-refractivity contribution in [2.24, 2.45) is 0 Å². The zero-order valence-corrected chi connectivity index (χ0v) is 8.24. The van der Waals surface area contributed by atoms with Crippen LogP contribution in [-0.2, 0) is 14.8 Å². The van der Waals surface area contributed by atoms with Gasteiger partial charge in [0.2, 0.25) is 5.91 Å². The second-order valence-electron chi connectivity index (χ2n) is 2.00. The van der Waals surface area contributed by atoms with E-state index in [2.05, 4.69) is 0 Å². The van der Waals surface area contributed by atoms with Crippen molar-refractivity contribution < 1.29 is 9.00 Å². The predicted octanol–water partition coefficient (Wildman–Crippen LogP) is 0.757. The molecule has 1 unspecified atom stereocenters. The van der Waals surface area contributed by atoms with Gasteiger partial charge in [0, 0.05) is 13.1 Å². The summed E-state index contributed by atoms with van der Waals surface area (Å²) in [7, 11) is 3.62. The molecule has 0 aliphatic rings. The predicted molar refractivity (Wildman–Crippen MR) is 46.8 cm³/mol.